The standard InChI is InChI=1S/C16H31NO3/c1-15(2,3)10-8-7-9-11-20-13(18)12-17-14(19)16(4,5)6/h7-12H2,1-6H3,(H,17,19). The normalized spacial score (nSPS) is 12.1. The molecule has 0 aromatic heterocycles. The first-order valence-electron chi connectivity index (χ1n) is 7.46. The Morgan fingerprint density at radius 1 is 0.950 bits per heavy atom. The van der Waals surface area contributed by atoms with Gasteiger partial charge in [0.2, 0.25) is 5.91 Å². The molecule has 0 aliphatic heterocycles. The first kappa shape index (κ1) is 18.9. The van der Waals surface area contributed by atoms with Crippen LogP contribution >= 0.6 is 0 Å². The van der Waals surface area contributed by atoms with Gasteiger partial charge < -0.3 is 10.1 Å². The molecule has 4 heteroatoms. The third-order valence-corrected chi connectivity index (χ3v) is 2.91. The van der Waals surface area contributed by atoms with E-state index >= 15 is 0 Å². The second-order valence-corrected chi connectivity index (χ2v) is 7.52. The predicted octanol–water partition coefficient (Wildman–Crippen LogP) is 3.30. The molecule has 0 unspecified atom stereocenters. The summed E-state index contributed by atoms with van der Waals surface area (Å²) < 4.78 is 5.08. The van der Waals surface area contributed by atoms with Crippen molar-refractivity contribution in [1.29, 1.82) is 0 Å². The molecule has 0 aliphatic carbocycles. The van der Waals surface area contributed by atoms with Crippen LogP contribution in [0.5, 0.6) is 0 Å². The number of unbranched alkanes of at least 4 members (excludes halogenated alkanes) is 2. The third kappa shape index (κ3) is 10.8. The lowest BCUT2D eigenvalue weighted by molar-refractivity contribution is -0.144. The highest BCUT2D eigenvalue weighted by molar-refractivity contribution is 5.85. The van der Waals surface area contributed by atoms with Crippen LogP contribution in [0.3, 0.4) is 0 Å². The number of esters is 1. The van der Waals surface area contributed by atoms with Gasteiger partial charge in [0, 0.05) is 5.41 Å². The van der Waals surface area contributed by atoms with Crippen LogP contribution in [-0.2, 0) is 14.3 Å². The molecule has 0 rings (SSSR count). The second kappa shape index (κ2) is 8.28. The fraction of sp³-hybridized carbons (Fsp3) is 0.875. The summed E-state index contributed by atoms with van der Waals surface area (Å²) in [5.41, 5.74) is -0.110. The number of carbonyl (C=O) groups is 2. The molecule has 0 aromatic carbocycles. The molecule has 4 nitrogen and oxygen atoms in total. The molecule has 0 radical (unpaired) electrons. The molecular formula is C16H31NO3. The maximum Gasteiger partial charge on any atom is 0.325 e. The molecule has 1 amide bonds. The highest BCUT2D eigenvalue weighted by atomic mass is 16.5. The highest BCUT2D eigenvalue weighted by Crippen LogP contribution is 2.21. The van der Waals surface area contributed by atoms with Gasteiger partial charge in [0.05, 0.1) is 6.61 Å². The van der Waals surface area contributed by atoms with E-state index in [1.54, 1.807) is 0 Å². The van der Waals surface area contributed by atoms with Gasteiger partial charge in [-0.25, -0.2) is 0 Å². The van der Waals surface area contributed by atoms with Gasteiger partial charge in [-0.05, 0) is 18.3 Å². The summed E-state index contributed by atoms with van der Waals surface area (Å²) in [6, 6.07) is 0. The van der Waals surface area contributed by atoms with Crippen molar-refractivity contribution < 1.29 is 14.3 Å². The van der Waals surface area contributed by atoms with E-state index in [0.717, 1.165) is 19.3 Å². The molecule has 0 saturated heterocycles. The number of nitrogens with one attached hydrogen (secondary N) is 1. The quantitative estimate of drug-likeness (QED) is 0.577. The molecule has 0 fully saturated rings. The molecule has 0 heterocycles. The summed E-state index contributed by atoms with van der Waals surface area (Å²) in [6.45, 7) is 12.5. The van der Waals surface area contributed by atoms with E-state index in [4.69, 9.17) is 4.74 Å². The Labute approximate surface area is 123 Å². The maximum atomic E-state index is 11.6. The van der Waals surface area contributed by atoms with Crippen molar-refractivity contribution in [2.24, 2.45) is 10.8 Å². The number of hydrogen-bond acceptors (Lipinski definition) is 3. The number of hydrogen-bond donors (Lipinski definition) is 1. The van der Waals surface area contributed by atoms with Crippen LogP contribution < -0.4 is 5.32 Å². The van der Waals surface area contributed by atoms with Crippen LogP contribution in [0.2, 0.25) is 0 Å². The van der Waals surface area contributed by atoms with Crippen LogP contribution in [-0.4, -0.2) is 25.0 Å². The largest absolute Gasteiger partial charge is 0.464 e. The average Bonchev–Trinajstić information content (AvgIpc) is 2.27. The van der Waals surface area contributed by atoms with Crippen molar-refractivity contribution in [3.63, 3.8) is 0 Å². The summed E-state index contributed by atoms with van der Waals surface area (Å²) in [6.07, 6.45) is 4.29. The summed E-state index contributed by atoms with van der Waals surface area (Å²) in [5, 5.41) is 2.58. The first-order chi connectivity index (χ1) is 9.02. The molecule has 0 bridgehead atoms. The summed E-state index contributed by atoms with van der Waals surface area (Å²) in [7, 11) is 0. The monoisotopic (exact) mass is 285 g/mol. The Hall–Kier alpha value is -1.06. The van der Waals surface area contributed by atoms with Crippen LogP contribution in [0.1, 0.15) is 67.2 Å². The molecule has 0 atom stereocenters. The van der Waals surface area contributed by atoms with Crippen LogP contribution in [0.4, 0.5) is 0 Å². The number of ether oxygens (including phenoxy) is 1. The predicted molar refractivity (Wildman–Crippen MR) is 81.3 cm³/mol. The minimum atomic E-state index is -0.479. The van der Waals surface area contributed by atoms with Crippen LogP contribution in [0.15, 0.2) is 0 Å². The maximum absolute atomic E-state index is 11.6. The van der Waals surface area contributed by atoms with E-state index in [1.807, 2.05) is 20.8 Å². The van der Waals surface area contributed by atoms with Crippen molar-refractivity contribution in [1.82, 2.24) is 5.32 Å². The average molecular weight is 285 g/mol. The van der Waals surface area contributed by atoms with E-state index in [1.165, 1.54) is 6.42 Å². The molecule has 0 aliphatic rings. The van der Waals surface area contributed by atoms with E-state index in [0.29, 0.717) is 12.0 Å². The first-order valence-corrected chi connectivity index (χ1v) is 7.46. The molecular weight excluding hydrogens is 254 g/mol. The SMILES string of the molecule is CC(C)(C)CCCCCOC(=O)CNC(=O)C(C)(C)C. The van der Waals surface area contributed by atoms with E-state index in [-0.39, 0.29) is 18.4 Å². The lowest BCUT2D eigenvalue weighted by Crippen LogP contribution is -2.38. The van der Waals surface area contributed by atoms with Gasteiger partial charge in [-0.15, -0.1) is 0 Å². The topological polar surface area (TPSA) is 55.4 Å². The minimum absolute atomic E-state index is 0.0436. The second-order valence-electron chi connectivity index (χ2n) is 7.52. The molecule has 0 aromatic rings. The van der Waals surface area contributed by atoms with Crippen LogP contribution in [0, 0.1) is 10.8 Å². The van der Waals surface area contributed by atoms with Gasteiger partial charge in [0.25, 0.3) is 0 Å². The Balaban J connectivity index is 3.58. The summed E-state index contributed by atoms with van der Waals surface area (Å²) in [4.78, 5) is 23.0. The number of amides is 1. The molecule has 0 spiro atoms. The van der Waals surface area contributed by atoms with Crippen molar-refractivity contribution in [2.75, 3.05) is 13.2 Å². The smallest absolute Gasteiger partial charge is 0.325 e. The van der Waals surface area contributed by atoms with Gasteiger partial charge in [0.1, 0.15) is 6.54 Å². The molecule has 20 heavy (non-hydrogen) atoms. The fourth-order valence-corrected chi connectivity index (χ4v) is 1.59. The molecule has 1 N–H and O–H groups in total. The lowest BCUT2D eigenvalue weighted by atomic mass is 9.89. The minimum Gasteiger partial charge on any atom is -0.464 e. The highest BCUT2D eigenvalue weighted by Gasteiger charge is 2.21. The van der Waals surface area contributed by atoms with Gasteiger partial charge in [-0.2, -0.15) is 0 Å². The van der Waals surface area contributed by atoms with E-state index < -0.39 is 5.41 Å². The Morgan fingerprint density at radius 2 is 1.55 bits per heavy atom. The van der Waals surface area contributed by atoms with Crippen molar-refractivity contribution >= 4 is 11.9 Å². The zero-order valence-electron chi connectivity index (χ0n) is 14.0. The van der Waals surface area contributed by atoms with Gasteiger partial charge in [-0.1, -0.05) is 54.4 Å². The number of carbonyl (C=O) groups excluding carboxylic acids is 2. The Kier molecular flexibility index (Phi) is 7.84. The lowest BCUT2D eigenvalue weighted by Gasteiger charge is -2.18. The number of rotatable bonds is 7. The zero-order chi connectivity index (χ0) is 15.8. The van der Waals surface area contributed by atoms with E-state index in [9.17, 15) is 9.59 Å². The zero-order valence-corrected chi connectivity index (χ0v) is 14.0. The van der Waals surface area contributed by atoms with Gasteiger partial charge in [0.15, 0.2) is 0 Å². The van der Waals surface area contributed by atoms with Crippen molar-refractivity contribution in [3.05, 3.63) is 0 Å². The third-order valence-electron chi connectivity index (χ3n) is 2.91. The Morgan fingerprint density at radius 3 is 2.05 bits per heavy atom. The summed E-state index contributed by atoms with van der Waals surface area (Å²) in [5.74, 6) is -0.502. The summed E-state index contributed by atoms with van der Waals surface area (Å²) >= 11 is 0. The van der Waals surface area contributed by atoms with Gasteiger partial charge >= 0.3 is 5.97 Å². The van der Waals surface area contributed by atoms with Crippen LogP contribution in [0.25, 0.3) is 0 Å². The molecule has 118 valence electrons. The van der Waals surface area contributed by atoms with Crippen molar-refractivity contribution in [2.45, 2.75) is 67.2 Å². The fourth-order valence-electron chi connectivity index (χ4n) is 1.59. The Bertz CT molecular complexity index is 311. The van der Waals surface area contributed by atoms with Gasteiger partial charge in [-0.3, -0.25) is 9.59 Å². The van der Waals surface area contributed by atoms with Crippen molar-refractivity contribution in [3.8, 4) is 0 Å². The van der Waals surface area contributed by atoms with E-state index in [2.05, 4.69) is 26.1 Å². The molecule has 0 saturated carbocycles.